The van der Waals surface area contributed by atoms with Crippen molar-refractivity contribution in [1.82, 2.24) is 4.90 Å². The van der Waals surface area contributed by atoms with Crippen LogP contribution in [-0.2, 0) is 30.6 Å². The molecule has 2 heterocycles. The lowest BCUT2D eigenvalue weighted by atomic mass is 10.1. The van der Waals surface area contributed by atoms with E-state index >= 15 is 0 Å². The van der Waals surface area contributed by atoms with Gasteiger partial charge in [0.15, 0.2) is 27.9 Å². The Hall–Kier alpha value is -2.00. The number of ether oxygens (including phenoxy) is 3. The van der Waals surface area contributed by atoms with E-state index in [4.69, 9.17) is 25.8 Å². The van der Waals surface area contributed by atoms with Crippen LogP contribution >= 0.6 is 11.6 Å². The molecule has 0 spiro atoms. The van der Waals surface area contributed by atoms with Crippen LogP contribution in [0.25, 0.3) is 0 Å². The molecule has 2 aliphatic rings. The van der Waals surface area contributed by atoms with Crippen molar-refractivity contribution in [3.8, 4) is 11.5 Å². The third kappa shape index (κ3) is 5.78. The molecule has 0 aliphatic carbocycles. The van der Waals surface area contributed by atoms with E-state index in [0.29, 0.717) is 48.3 Å². The van der Waals surface area contributed by atoms with Gasteiger partial charge in [0.05, 0.1) is 22.9 Å². The van der Waals surface area contributed by atoms with Gasteiger partial charge in [0.2, 0.25) is 0 Å². The lowest BCUT2D eigenvalue weighted by molar-refractivity contribution is -0.152. The molecule has 0 N–H and O–H groups in total. The van der Waals surface area contributed by atoms with Crippen molar-refractivity contribution >= 4 is 33.3 Å². The van der Waals surface area contributed by atoms with Crippen LogP contribution in [0.15, 0.2) is 12.1 Å². The highest BCUT2D eigenvalue weighted by molar-refractivity contribution is 7.91. The standard InChI is InChI=1S/C20H26ClNO7S/c1-2-3-5-22(15-4-8-30(25,26)13-15)18(23)12-29-19(24)11-14-9-16(21)20-17(10-14)27-6-7-28-20/h9-10,15H,2-8,11-13H2,1H3. The van der Waals surface area contributed by atoms with E-state index < -0.39 is 22.4 Å². The average Bonchev–Trinajstić information content (AvgIpc) is 3.06. The van der Waals surface area contributed by atoms with Crippen LogP contribution in [-0.4, -0.2) is 69.1 Å². The third-order valence-electron chi connectivity index (χ3n) is 5.08. The molecule has 8 nitrogen and oxygen atoms in total. The number of rotatable bonds is 8. The molecule has 1 unspecified atom stereocenters. The summed E-state index contributed by atoms with van der Waals surface area (Å²) in [5.74, 6) is 0.0171. The monoisotopic (exact) mass is 459 g/mol. The minimum Gasteiger partial charge on any atom is -0.486 e. The quantitative estimate of drug-likeness (QED) is 0.548. The predicted molar refractivity (Wildman–Crippen MR) is 111 cm³/mol. The van der Waals surface area contributed by atoms with E-state index in [-0.39, 0.29) is 29.9 Å². The number of carbonyl (C=O) groups excluding carboxylic acids is 2. The molecule has 0 saturated carbocycles. The maximum atomic E-state index is 12.6. The predicted octanol–water partition coefficient (Wildman–Crippen LogP) is 2.01. The van der Waals surface area contributed by atoms with E-state index in [0.717, 1.165) is 12.8 Å². The van der Waals surface area contributed by atoms with Crippen molar-refractivity contribution < 1.29 is 32.2 Å². The molecule has 0 aromatic heterocycles. The van der Waals surface area contributed by atoms with Gasteiger partial charge in [0.25, 0.3) is 5.91 Å². The number of carbonyl (C=O) groups is 2. The molecule has 1 saturated heterocycles. The van der Waals surface area contributed by atoms with E-state index in [1.54, 1.807) is 17.0 Å². The van der Waals surface area contributed by atoms with Crippen molar-refractivity contribution in [3.63, 3.8) is 0 Å². The molecule has 1 atom stereocenters. The van der Waals surface area contributed by atoms with Crippen LogP contribution < -0.4 is 9.47 Å². The molecule has 1 amide bonds. The van der Waals surface area contributed by atoms with Crippen LogP contribution in [0.3, 0.4) is 0 Å². The Bertz CT molecular complexity index is 903. The number of hydrogen-bond acceptors (Lipinski definition) is 7. The Morgan fingerprint density at radius 3 is 2.73 bits per heavy atom. The second-order valence-electron chi connectivity index (χ2n) is 7.44. The first-order chi connectivity index (χ1) is 14.3. The summed E-state index contributed by atoms with van der Waals surface area (Å²) in [6.45, 7) is 2.83. The van der Waals surface area contributed by atoms with Crippen molar-refractivity contribution in [2.45, 2.75) is 38.6 Å². The van der Waals surface area contributed by atoms with Crippen molar-refractivity contribution in [3.05, 3.63) is 22.7 Å². The number of fused-ring (bicyclic) bond motifs is 1. The molecular weight excluding hydrogens is 434 g/mol. The zero-order chi connectivity index (χ0) is 21.7. The first-order valence-corrected chi connectivity index (χ1v) is 12.2. The molecule has 0 radical (unpaired) electrons. The Balaban J connectivity index is 1.57. The largest absolute Gasteiger partial charge is 0.486 e. The number of unbranched alkanes of at least 4 members (excludes halogenated alkanes) is 1. The SMILES string of the molecule is CCCCN(C(=O)COC(=O)Cc1cc(Cl)c2c(c1)OCCO2)C1CCS(=O)(=O)C1. The third-order valence-corrected chi connectivity index (χ3v) is 7.11. The number of halogens is 1. The minimum atomic E-state index is -3.12. The van der Waals surface area contributed by atoms with Gasteiger partial charge in [-0.25, -0.2) is 8.42 Å². The van der Waals surface area contributed by atoms with Gasteiger partial charge in [0, 0.05) is 12.6 Å². The van der Waals surface area contributed by atoms with Gasteiger partial charge < -0.3 is 19.1 Å². The van der Waals surface area contributed by atoms with Crippen LogP contribution in [0.2, 0.25) is 5.02 Å². The zero-order valence-corrected chi connectivity index (χ0v) is 18.5. The molecule has 166 valence electrons. The van der Waals surface area contributed by atoms with Gasteiger partial charge in [0.1, 0.15) is 13.2 Å². The highest BCUT2D eigenvalue weighted by atomic mass is 35.5. The Morgan fingerprint density at radius 1 is 1.27 bits per heavy atom. The molecule has 30 heavy (non-hydrogen) atoms. The summed E-state index contributed by atoms with van der Waals surface area (Å²) in [4.78, 5) is 26.4. The van der Waals surface area contributed by atoms with Gasteiger partial charge in [-0.2, -0.15) is 0 Å². The number of hydrogen-bond donors (Lipinski definition) is 0. The number of sulfone groups is 1. The molecule has 10 heteroatoms. The summed E-state index contributed by atoms with van der Waals surface area (Å²) >= 11 is 6.18. The fourth-order valence-corrected chi connectivity index (χ4v) is 5.59. The number of amides is 1. The van der Waals surface area contributed by atoms with Crippen molar-refractivity contribution in [2.75, 3.05) is 37.9 Å². The van der Waals surface area contributed by atoms with Gasteiger partial charge >= 0.3 is 5.97 Å². The Morgan fingerprint density at radius 2 is 2.03 bits per heavy atom. The zero-order valence-electron chi connectivity index (χ0n) is 16.9. The lowest BCUT2D eigenvalue weighted by Crippen LogP contribution is -2.44. The van der Waals surface area contributed by atoms with Gasteiger partial charge in [-0.15, -0.1) is 0 Å². The first-order valence-electron chi connectivity index (χ1n) is 10.0. The van der Waals surface area contributed by atoms with E-state index in [1.807, 2.05) is 6.92 Å². The van der Waals surface area contributed by atoms with Crippen LogP contribution in [0, 0.1) is 0 Å². The maximum Gasteiger partial charge on any atom is 0.310 e. The summed E-state index contributed by atoms with van der Waals surface area (Å²) < 4.78 is 39.7. The second kappa shape index (κ2) is 9.87. The first kappa shape index (κ1) is 22.7. The fraction of sp³-hybridized carbons (Fsp3) is 0.600. The smallest absolute Gasteiger partial charge is 0.310 e. The highest BCUT2D eigenvalue weighted by Gasteiger charge is 2.34. The molecule has 3 rings (SSSR count). The van der Waals surface area contributed by atoms with E-state index in [2.05, 4.69) is 0 Å². The summed E-state index contributed by atoms with van der Waals surface area (Å²) in [5, 5.41) is 0.347. The topological polar surface area (TPSA) is 99.2 Å². The number of esters is 1. The summed E-state index contributed by atoms with van der Waals surface area (Å²) in [6, 6.07) is 2.92. The molecule has 2 aliphatic heterocycles. The Kier molecular flexibility index (Phi) is 7.46. The summed E-state index contributed by atoms with van der Waals surface area (Å²) in [6.07, 6.45) is 1.97. The van der Waals surface area contributed by atoms with Gasteiger partial charge in [-0.05, 0) is 30.5 Å². The minimum absolute atomic E-state index is 0.0356. The number of benzene rings is 1. The molecule has 1 fully saturated rings. The molecular formula is C20H26ClNO7S. The lowest BCUT2D eigenvalue weighted by Gasteiger charge is -2.28. The van der Waals surface area contributed by atoms with E-state index in [9.17, 15) is 18.0 Å². The van der Waals surface area contributed by atoms with Gasteiger partial charge in [-0.3, -0.25) is 9.59 Å². The molecule has 1 aromatic rings. The molecule has 0 bridgehead atoms. The second-order valence-corrected chi connectivity index (χ2v) is 10.1. The average molecular weight is 460 g/mol. The van der Waals surface area contributed by atoms with Crippen LogP contribution in [0.5, 0.6) is 11.5 Å². The van der Waals surface area contributed by atoms with Crippen molar-refractivity contribution in [2.24, 2.45) is 0 Å². The summed E-state index contributed by atoms with van der Waals surface area (Å²) in [5.41, 5.74) is 0.589. The Labute approximate surface area is 181 Å². The van der Waals surface area contributed by atoms with Crippen LogP contribution in [0.4, 0.5) is 0 Å². The van der Waals surface area contributed by atoms with Gasteiger partial charge in [-0.1, -0.05) is 24.9 Å². The maximum absolute atomic E-state index is 12.6. The number of nitrogens with zero attached hydrogens (tertiary/aromatic N) is 1. The summed E-state index contributed by atoms with van der Waals surface area (Å²) in [7, 11) is -3.12. The normalized spacial score (nSPS) is 19.3. The highest BCUT2D eigenvalue weighted by Crippen LogP contribution is 2.38. The molecule has 1 aromatic carbocycles. The van der Waals surface area contributed by atoms with Crippen molar-refractivity contribution in [1.29, 1.82) is 0 Å². The van der Waals surface area contributed by atoms with Crippen LogP contribution in [0.1, 0.15) is 31.7 Å². The van der Waals surface area contributed by atoms with E-state index in [1.165, 1.54) is 0 Å². The fourth-order valence-electron chi connectivity index (χ4n) is 3.57.